The first-order chi connectivity index (χ1) is 9.90. The second-order valence-corrected chi connectivity index (χ2v) is 5.97. The summed E-state index contributed by atoms with van der Waals surface area (Å²) in [6.45, 7) is 3.83. The SMILES string of the molecule is Cc1nn(C)c(C)c1CC(=O)N[C@@H]1CCCC[C@@H](O)[C@@H]1O. The Labute approximate surface area is 125 Å². The molecule has 21 heavy (non-hydrogen) atoms. The van der Waals surface area contributed by atoms with Gasteiger partial charge in [0.2, 0.25) is 5.91 Å². The van der Waals surface area contributed by atoms with Crippen molar-refractivity contribution in [3.8, 4) is 0 Å². The van der Waals surface area contributed by atoms with Gasteiger partial charge in [0, 0.05) is 18.3 Å². The van der Waals surface area contributed by atoms with Crippen molar-refractivity contribution in [2.45, 2.75) is 64.2 Å². The molecule has 0 radical (unpaired) electrons. The molecule has 3 atom stereocenters. The van der Waals surface area contributed by atoms with E-state index in [1.807, 2.05) is 20.9 Å². The van der Waals surface area contributed by atoms with Crippen LogP contribution in [0.3, 0.4) is 0 Å². The average molecular weight is 295 g/mol. The largest absolute Gasteiger partial charge is 0.390 e. The molecule has 0 aliphatic heterocycles. The fourth-order valence-electron chi connectivity index (χ4n) is 2.98. The van der Waals surface area contributed by atoms with Crippen LogP contribution in [-0.4, -0.2) is 44.2 Å². The first-order valence-electron chi connectivity index (χ1n) is 7.54. The summed E-state index contributed by atoms with van der Waals surface area (Å²) in [6.07, 6.45) is 1.70. The van der Waals surface area contributed by atoms with Crippen molar-refractivity contribution in [1.29, 1.82) is 0 Å². The fraction of sp³-hybridized carbons (Fsp3) is 0.733. The van der Waals surface area contributed by atoms with E-state index in [-0.39, 0.29) is 18.4 Å². The molecule has 6 heteroatoms. The summed E-state index contributed by atoms with van der Waals surface area (Å²) in [6, 6.07) is -0.368. The first kappa shape index (κ1) is 16.0. The predicted octanol–water partition coefficient (Wildman–Crippen LogP) is 0.360. The lowest BCUT2D eigenvalue weighted by Gasteiger charge is -2.24. The van der Waals surface area contributed by atoms with Crippen molar-refractivity contribution in [3.63, 3.8) is 0 Å². The summed E-state index contributed by atoms with van der Waals surface area (Å²) in [4.78, 5) is 12.2. The lowest BCUT2D eigenvalue weighted by Crippen LogP contribution is -2.47. The molecule has 1 saturated carbocycles. The molecule has 2 rings (SSSR count). The maximum Gasteiger partial charge on any atom is 0.224 e. The lowest BCUT2D eigenvalue weighted by atomic mass is 10.0. The Kier molecular flexibility index (Phi) is 5.00. The molecule has 1 amide bonds. The predicted molar refractivity (Wildman–Crippen MR) is 78.8 cm³/mol. The summed E-state index contributed by atoms with van der Waals surface area (Å²) in [5, 5.41) is 27.0. The zero-order chi connectivity index (χ0) is 15.6. The minimum Gasteiger partial charge on any atom is -0.390 e. The van der Waals surface area contributed by atoms with Crippen LogP contribution in [-0.2, 0) is 18.3 Å². The van der Waals surface area contributed by atoms with Crippen LogP contribution in [0, 0.1) is 13.8 Å². The Balaban J connectivity index is 2.00. The van der Waals surface area contributed by atoms with Gasteiger partial charge in [-0.15, -0.1) is 0 Å². The zero-order valence-corrected chi connectivity index (χ0v) is 13.0. The summed E-state index contributed by atoms with van der Waals surface area (Å²) in [7, 11) is 1.86. The van der Waals surface area contributed by atoms with Gasteiger partial charge < -0.3 is 15.5 Å². The van der Waals surface area contributed by atoms with Crippen LogP contribution >= 0.6 is 0 Å². The summed E-state index contributed by atoms with van der Waals surface area (Å²) < 4.78 is 1.77. The standard InChI is InChI=1S/C15H25N3O3/c1-9-11(10(2)18(3)17-9)8-14(20)16-12-6-4-5-7-13(19)15(12)21/h12-13,15,19,21H,4-8H2,1-3H3,(H,16,20)/t12-,13-,15-/m1/s1. The van der Waals surface area contributed by atoms with Crippen molar-refractivity contribution >= 4 is 5.91 Å². The third-order valence-corrected chi connectivity index (χ3v) is 4.41. The van der Waals surface area contributed by atoms with E-state index in [2.05, 4.69) is 10.4 Å². The van der Waals surface area contributed by atoms with Crippen LogP contribution in [0.1, 0.15) is 42.6 Å². The van der Waals surface area contributed by atoms with Crippen molar-refractivity contribution in [2.75, 3.05) is 0 Å². The van der Waals surface area contributed by atoms with Crippen LogP contribution in [0.2, 0.25) is 0 Å². The number of amides is 1. The molecule has 1 heterocycles. The molecule has 0 spiro atoms. The number of nitrogens with zero attached hydrogens (tertiary/aromatic N) is 2. The number of aromatic nitrogens is 2. The van der Waals surface area contributed by atoms with Crippen molar-refractivity contribution in [2.24, 2.45) is 7.05 Å². The Morgan fingerprint density at radius 3 is 2.62 bits per heavy atom. The number of aliphatic hydroxyl groups is 2. The van der Waals surface area contributed by atoms with Gasteiger partial charge in [-0.2, -0.15) is 5.10 Å². The number of rotatable bonds is 3. The minimum atomic E-state index is -0.882. The van der Waals surface area contributed by atoms with Gasteiger partial charge in [0.1, 0.15) is 0 Å². The normalized spacial score (nSPS) is 26.4. The zero-order valence-electron chi connectivity index (χ0n) is 13.0. The topological polar surface area (TPSA) is 87.4 Å². The Bertz CT molecular complexity index is 513. The van der Waals surface area contributed by atoms with Crippen molar-refractivity contribution in [3.05, 3.63) is 17.0 Å². The fourth-order valence-corrected chi connectivity index (χ4v) is 2.98. The maximum absolute atomic E-state index is 12.2. The number of aliphatic hydroxyl groups excluding tert-OH is 2. The molecular formula is C15H25N3O3. The van der Waals surface area contributed by atoms with Crippen molar-refractivity contribution in [1.82, 2.24) is 15.1 Å². The summed E-state index contributed by atoms with van der Waals surface area (Å²) >= 11 is 0. The van der Waals surface area contributed by atoms with E-state index in [1.165, 1.54) is 0 Å². The number of carbonyl (C=O) groups excluding carboxylic acids is 1. The van der Waals surface area contributed by atoms with E-state index in [1.54, 1.807) is 4.68 Å². The van der Waals surface area contributed by atoms with E-state index in [0.29, 0.717) is 12.8 Å². The number of carbonyl (C=O) groups is 1. The second-order valence-electron chi connectivity index (χ2n) is 5.97. The van der Waals surface area contributed by atoms with Crippen LogP contribution < -0.4 is 5.32 Å². The molecule has 0 bridgehead atoms. The molecule has 0 saturated heterocycles. The molecule has 0 aromatic carbocycles. The van der Waals surface area contributed by atoms with Gasteiger partial charge in [-0.1, -0.05) is 12.8 Å². The molecule has 1 aromatic heterocycles. The van der Waals surface area contributed by atoms with Gasteiger partial charge in [-0.3, -0.25) is 9.48 Å². The molecule has 1 aromatic rings. The van der Waals surface area contributed by atoms with Gasteiger partial charge in [-0.25, -0.2) is 0 Å². The van der Waals surface area contributed by atoms with E-state index in [9.17, 15) is 15.0 Å². The molecule has 1 aliphatic carbocycles. The molecule has 1 fully saturated rings. The molecule has 6 nitrogen and oxygen atoms in total. The first-order valence-corrected chi connectivity index (χ1v) is 7.54. The van der Waals surface area contributed by atoms with Crippen LogP contribution in [0.25, 0.3) is 0 Å². The number of hydrogen-bond acceptors (Lipinski definition) is 4. The number of aryl methyl sites for hydroxylation is 2. The second kappa shape index (κ2) is 6.58. The van der Waals surface area contributed by atoms with Crippen LogP contribution in [0.4, 0.5) is 0 Å². The highest BCUT2D eigenvalue weighted by molar-refractivity contribution is 5.79. The lowest BCUT2D eigenvalue weighted by molar-refractivity contribution is -0.122. The molecule has 0 unspecified atom stereocenters. The van der Waals surface area contributed by atoms with E-state index in [0.717, 1.165) is 29.8 Å². The van der Waals surface area contributed by atoms with Gasteiger partial charge in [0.25, 0.3) is 0 Å². The number of hydrogen-bond donors (Lipinski definition) is 3. The molecular weight excluding hydrogens is 270 g/mol. The van der Waals surface area contributed by atoms with Crippen LogP contribution in [0.15, 0.2) is 0 Å². The quantitative estimate of drug-likeness (QED) is 0.703. The third kappa shape index (κ3) is 3.63. The van der Waals surface area contributed by atoms with Gasteiger partial charge in [-0.05, 0) is 26.7 Å². The molecule has 1 aliphatic rings. The summed E-state index contributed by atoms with van der Waals surface area (Å²) in [5.74, 6) is -0.132. The highest BCUT2D eigenvalue weighted by Gasteiger charge is 2.30. The van der Waals surface area contributed by atoms with E-state index >= 15 is 0 Å². The van der Waals surface area contributed by atoms with E-state index in [4.69, 9.17) is 0 Å². The van der Waals surface area contributed by atoms with E-state index < -0.39 is 12.2 Å². The van der Waals surface area contributed by atoms with Crippen LogP contribution in [0.5, 0.6) is 0 Å². The Morgan fingerprint density at radius 2 is 2.00 bits per heavy atom. The Hall–Kier alpha value is -1.40. The van der Waals surface area contributed by atoms with Gasteiger partial charge in [0.05, 0.1) is 30.4 Å². The third-order valence-electron chi connectivity index (χ3n) is 4.41. The highest BCUT2D eigenvalue weighted by atomic mass is 16.3. The van der Waals surface area contributed by atoms with Gasteiger partial charge >= 0.3 is 0 Å². The number of nitrogens with one attached hydrogen (secondary N) is 1. The smallest absolute Gasteiger partial charge is 0.224 e. The minimum absolute atomic E-state index is 0.132. The average Bonchev–Trinajstić information content (AvgIpc) is 2.58. The van der Waals surface area contributed by atoms with Gasteiger partial charge in [0.15, 0.2) is 0 Å². The summed E-state index contributed by atoms with van der Waals surface area (Å²) in [5.41, 5.74) is 2.76. The highest BCUT2D eigenvalue weighted by Crippen LogP contribution is 2.19. The Morgan fingerprint density at radius 1 is 1.33 bits per heavy atom. The molecule has 118 valence electrons. The molecule has 3 N–H and O–H groups in total. The maximum atomic E-state index is 12.2. The van der Waals surface area contributed by atoms with Crippen molar-refractivity contribution < 1.29 is 15.0 Å². The monoisotopic (exact) mass is 295 g/mol.